The number of hydrogen-bond acceptors (Lipinski definition) is 0. The van der Waals surface area contributed by atoms with Crippen LogP contribution in [-0.2, 0) is 21.1 Å². The first kappa shape index (κ1) is 15.8. The zero-order valence-corrected chi connectivity index (χ0v) is 6.40. The quantitative estimate of drug-likeness (QED) is 0.393. The summed E-state index contributed by atoms with van der Waals surface area (Å²) in [4.78, 5) is 0. The average Bonchev–Trinajstić information content (AvgIpc) is 1.39. The van der Waals surface area contributed by atoms with E-state index >= 15 is 0 Å². The van der Waals surface area contributed by atoms with Crippen LogP contribution in [0.3, 0.4) is 0 Å². The predicted molar refractivity (Wildman–Crippen MR) is 31.1 cm³/mol. The van der Waals surface area contributed by atoms with Gasteiger partial charge in [0.25, 0.3) is 0 Å². The molecular formula is C6H10Mo. The van der Waals surface area contributed by atoms with E-state index in [0.29, 0.717) is 0 Å². The van der Waals surface area contributed by atoms with Crippen LogP contribution in [0.1, 0.15) is 0 Å². The van der Waals surface area contributed by atoms with Gasteiger partial charge >= 0.3 is 21.1 Å². The van der Waals surface area contributed by atoms with E-state index in [0.717, 1.165) is 0 Å². The molecule has 0 aromatic carbocycles. The van der Waals surface area contributed by atoms with Crippen LogP contribution in [-0.4, -0.2) is 0 Å². The van der Waals surface area contributed by atoms with E-state index in [1.54, 1.807) is 0 Å². The molecule has 0 aliphatic heterocycles. The van der Waals surface area contributed by atoms with Gasteiger partial charge in [-0.15, -0.1) is 0 Å². The van der Waals surface area contributed by atoms with E-state index in [1.165, 1.54) is 12.2 Å². The molecule has 1 heteroatoms. The van der Waals surface area contributed by atoms with E-state index in [9.17, 15) is 0 Å². The van der Waals surface area contributed by atoms with Crippen LogP contribution in [0.5, 0.6) is 0 Å². The Morgan fingerprint density at radius 2 is 1.00 bits per heavy atom. The van der Waals surface area contributed by atoms with E-state index in [4.69, 9.17) is 0 Å². The van der Waals surface area contributed by atoms with Gasteiger partial charge in [0.05, 0.1) is 0 Å². The van der Waals surface area contributed by atoms with E-state index in [2.05, 4.69) is 27.0 Å². The van der Waals surface area contributed by atoms with E-state index < -0.39 is 0 Å². The van der Waals surface area contributed by atoms with Crippen molar-refractivity contribution in [2.24, 2.45) is 0 Å². The van der Waals surface area contributed by atoms with Gasteiger partial charge in [0.2, 0.25) is 0 Å². The second kappa shape index (κ2) is 39.1. The van der Waals surface area contributed by atoms with Crippen LogP contribution in [0.15, 0.2) is 25.3 Å². The Labute approximate surface area is 60.6 Å². The van der Waals surface area contributed by atoms with Crippen molar-refractivity contribution in [2.45, 2.75) is 0 Å². The van der Waals surface area contributed by atoms with Gasteiger partial charge in [-0.1, -0.05) is 0 Å². The molecule has 0 radical (unpaired) electrons. The number of allylic oxidation sites excluding steroid dienone is 2. The molecule has 40 valence electrons. The van der Waals surface area contributed by atoms with Crippen molar-refractivity contribution in [1.82, 2.24) is 0 Å². The van der Waals surface area contributed by atoms with Crippen LogP contribution in [0.4, 0.5) is 0 Å². The maximum absolute atomic E-state index is 3.25. The minimum Gasteiger partial charge on any atom is -0.245 e. The van der Waals surface area contributed by atoms with Crippen LogP contribution in [0.2, 0.25) is 0 Å². The molecule has 0 saturated heterocycles. The van der Waals surface area contributed by atoms with Crippen molar-refractivity contribution in [3.63, 3.8) is 0 Å². The molecule has 0 amide bonds. The normalized spacial score (nSPS) is 3.43. The summed E-state index contributed by atoms with van der Waals surface area (Å²) in [6.07, 6.45) is 3.00. The Balaban J connectivity index is -0.0000000400. The third-order valence-corrected chi connectivity index (χ3v) is 0. The molecule has 0 aromatic heterocycles. The molecule has 0 fully saturated rings. The molecule has 0 atom stereocenters. The summed E-state index contributed by atoms with van der Waals surface area (Å²) in [7, 11) is 0. The summed E-state index contributed by atoms with van der Waals surface area (Å²) in [6, 6.07) is 0. The van der Waals surface area contributed by atoms with Crippen molar-refractivity contribution in [3.05, 3.63) is 39.2 Å². The first-order valence-electron chi connectivity index (χ1n) is 1.63. The third-order valence-electron chi connectivity index (χ3n) is 0. The number of rotatable bonds is 0. The standard InChI is InChI=1S/2C3H5.Mo/c2*1-3-2;/h2*3H,1-2H2;/q2*-1;+2. The van der Waals surface area contributed by atoms with Gasteiger partial charge in [-0.25, -0.2) is 39.2 Å². The SMILES string of the molecule is C=C[CH2-].C=C[CH2-].[Mo+2]. The van der Waals surface area contributed by atoms with Crippen LogP contribution < -0.4 is 0 Å². The zero-order valence-electron chi connectivity index (χ0n) is 4.39. The molecule has 0 heterocycles. The second-order valence-electron chi connectivity index (χ2n) is 0.577. The zero-order chi connectivity index (χ0) is 5.41. The van der Waals surface area contributed by atoms with Crippen molar-refractivity contribution in [3.8, 4) is 0 Å². The fraction of sp³-hybridized carbons (Fsp3) is 0. The van der Waals surface area contributed by atoms with Crippen LogP contribution in [0, 0.1) is 13.8 Å². The summed E-state index contributed by atoms with van der Waals surface area (Å²) in [5.41, 5.74) is 0. The fourth-order valence-electron chi connectivity index (χ4n) is 0. The molecule has 0 N–H and O–H groups in total. The molecule has 0 unspecified atom stereocenters. The summed E-state index contributed by atoms with van der Waals surface area (Å²) in [5, 5.41) is 0. The Hall–Kier alpha value is -0.0917. The summed E-state index contributed by atoms with van der Waals surface area (Å²) in [5.74, 6) is 0. The maximum Gasteiger partial charge on any atom is 2.00 e. The molecule has 0 aliphatic rings. The number of hydrogen-bond donors (Lipinski definition) is 0. The summed E-state index contributed by atoms with van der Waals surface area (Å²) >= 11 is 0. The second-order valence-corrected chi connectivity index (χ2v) is 0.577. The van der Waals surface area contributed by atoms with Gasteiger partial charge in [-0.3, -0.25) is 0 Å². The Kier molecular flexibility index (Phi) is 88.2. The van der Waals surface area contributed by atoms with Crippen LogP contribution >= 0.6 is 0 Å². The largest absolute Gasteiger partial charge is 2.00 e. The third kappa shape index (κ3) is 10700. The van der Waals surface area contributed by atoms with Crippen molar-refractivity contribution < 1.29 is 21.1 Å². The topological polar surface area (TPSA) is 0 Å². The average molecular weight is 178 g/mol. The minimum absolute atomic E-state index is 0. The Morgan fingerprint density at radius 3 is 1.00 bits per heavy atom. The molecule has 0 aliphatic carbocycles. The molecule has 0 saturated carbocycles. The van der Waals surface area contributed by atoms with Crippen molar-refractivity contribution in [1.29, 1.82) is 0 Å². The van der Waals surface area contributed by atoms with Gasteiger partial charge in [0.1, 0.15) is 0 Å². The van der Waals surface area contributed by atoms with Gasteiger partial charge in [-0.2, -0.15) is 0 Å². The molecule has 0 bridgehead atoms. The van der Waals surface area contributed by atoms with Crippen molar-refractivity contribution in [2.75, 3.05) is 0 Å². The van der Waals surface area contributed by atoms with Crippen LogP contribution in [0.25, 0.3) is 0 Å². The van der Waals surface area contributed by atoms with Gasteiger partial charge in [-0.05, 0) is 0 Å². The van der Waals surface area contributed by atoms with Gasteiger partial charge in [0, 0.05) is 0 Å². The maximum atomic E-state index is 3.25. The van der Waals surface area contributed by atoms with Crippen molar-refractivity contribution >= 4 is 0 Å². The first-order chi connectivity index (χ1) is 2.83. The monoisotopic (exact) mass is 180 g/mol. The Bertz CT molecular complexity index is 25.2. The molecule has 0 rings (SSSR count). The first-order valence-corrected chi connectivity index (χ1v) is 1.63. The van der Waals surface area contributed by atoms with Gasteiger partial charge in [0.15, 0.2) is 0 Å². The summed E-state index contributed by atoms with van der Waals surface area (Å²) in [6.45, 7) is 13.0. The predicted octanol–water partition coefficient (Wildman–Crippen LogP) is 2.01. The molecular weight excluding hydrogens is 168 g/mol. The molecule has 7 heavy (non-hydrogen) atoms. The molecule has 0 spiro atoms. The minimum atomic E-state index is 0. The summed E-state index contributed by atoms with van der Waals surface area (Å²) < 4.78 is 0. The Morgan fingerprint density at radius 1 is 1.00 bits per heavy atom. The molecule has 0 aromatic rings. The molecule has 0 nitrogen and oxygen atoms in total. The van der Waals surface area contributed by atoms with E-state index in [-0.39, 0.29) is 21.1 Å². The van der Waals surface area contributed by atoms with Gasteiger partial charge < -0.3 is 0 Å². The fourth-order valence-corrected chi connectivity index (χ4v) is 0. The smallest absolute Gasteiger partial charge is 0.245 e. The van der Waals surface area contributed by atoms with E-state index in [1.807, 2.05) is 0 Å².